The molecule has 0 radical (unpaired) electrons. The second kappa shape index (κ2) is 10.1. The van der Waals surface area contributed by atoms with Crippen molar-refractivity contribution in [3.05, 3.63) is 54.1 Å². The van der Waals surface area contributed by atoms with Gasteiger partial charge in [0, 0.05) is 0 Å². The molecule has 0 saturated carbocycles. The fourth-order valence-electron chi connectivity index (χ4n) is 3.11. The van der Waals surface area contributed by atoms with Crippen LogP contribution < -0.4 is 0 Å². The Labute approximate surface area is 141 Å². The minimum atomic E-state index is 0.328. The molecule has 0 amide bonds. The predicted octanol–water partition coefficient (Wildman–Crippen LogP) is 6.74. The van der Waals surface area contributed by atoms with Crippen LogP contribution in [0.2, 0.25) is 0 Å². The second-order valence-electron chi connectivity index (χ2n) is 6.43. The first-order valence-corrected chi connectivity index (χ1v) is 9.18. The molecule has 0 aromatic heterocycles. The van der Waals surface area contributed by atoms with E-state index in [1.54, 1.807) is 12.1 Å². The van der Waals surface area contributed by atoms with E-state index in [1.807, 2.05) is 12.1 Å². The van der Waals surface area contributed by atoms with Crippen molar-refractivity contribution in [2.24, 2.45) is 0 Å². The van der Waals surface area contributed by atoms with Crippen molar-refractivity contribution < 1.29 is 5.11 Å². The molecule has 1 heteroatoms. The van der Waals surface area contributed by atoms with Gasteiger partial charge in [0.2, 0.25) is 0 Å². The molecular formula is C22H30O. The van der Waals surface area contributed by atoms with Gasteiger partial charge in [0.1, 0.15) is 5.75 Å². The summed E-state index contributed by atoms with van der Waals surface area (Å²) < 4.78 is 0. The summed E-state index contributed by atoms with van der Waals surface area (Å²) >= 11 is 0. The van der Waals surface area contributed by atoms with E-state index in [0.29, 0.717) is 5.75 Å². The van der Waals surface area contributed by atoms with Crippen molar-refractivity contribution >= 4 is 0 Å². The lowest BCUT2D eigenvalue weighted by atomic mass is 9.95. The lowest BCUT2D eigenvalue weighted by molar-refractivity contribution is 0.475. The summed E-state index contributed by atoms with van der Waals surface area (Å²) in [5, 5.41) is 9.45. The van der Waals surface area contributed by atoms with Crippen molar-refractivity contribution in [3.63, 3.8) is 0 Å². The van der Waals surface area contributed by atoms with Crippen LogP contribution in [0.15, 0.2) is 48.5 Å². The molecule has 2 rings (SSSR count). The molecule has 2 aromatic carbocycles. The van der Waals surface area contributed by atoms with Crippen LogP contribution in [0, 0.1) is 0 Å². The van der Waals surface area contributed by atoms with E-state index in [4.69, 9.17) is 0 Å². The molecule has 0 aliphatic carbocycles. The van der Waals surface area contributed by atoms with Gasteiger partial charge >= 0.3 is 0 Å². The Morgan fingerprint density at radius 2 is 1.30 bits per heavy atom. The van der Waals surface area contributed by atoms with Crippen LogP contribution in [-0.2, 0) is 6.42 Å². The molecule has 0 aliphatic heterocycles. The number of benzene rings is 2. The third-order valence-corrected chi connectivity index (χ3v) is 4.50. The molecule has 0 unspecified atom stereocenters. The van der Waals surface area contributed by atoms with E-state index in [-0.39, 0.29) is 0 Å². The Bertz CT molecular complexity index is 556. The van der Waals surface area contributed by atoms with Gasteiger partial charge in [-0.25, -0.2) is 0 Å². The fraction of sp³-hybridized carbons (Fsp3) is 0.455. The monoisotopic (exact) mass is 310 g/mol. The molecule has 1 N–H and O–H groups in total. The van der Waals surface area contributed by atoms with Gasteiger partial charge in [-0.05, 0) is 41.7 Å². The van der Waals surface area contributed by atoms with Crippen molar-refractivity contribution in [1.82, 2.24) is 0 Å². The number of hydrogen-bond acceptors (Lipinski definition) is 1. The van der Waals surface area contributed by atoms with Gasteiger partial charge < -0.3 is 5.11 Å². The third-order valence-electron chi connectivity index (χ3n) is 4.50. The van der Waals surface area contributed by atoms with E-state index in [1.165, 1.54) is 68.1 Å². The average molecular weight is 310 g/mol. The SMILES string of the molecule is CCCCCCCCCCc1ccccc1-c1ccc(O)cc1. The topological polar surface area (TPSA) is 20.2 Å². The largest absolute Gasteiger partial charge is 0.508 e. The van der Waals surface area contributed by atoms with Gasteiger partial charge in [-0.1, -0.05) is 88.3 Å². The standard InChI is InChI=1S/C22H30O/c1-2-3-4-5-6-7-8-9-12-19-13-10-11-14-22(19)20-15-17-21(23)18-16-20/h10-11,13-18,23H,2-9,12H2,1H3. The Morgan fingerprint density at radius 1 is 0.696 bits per heavy atom. The lowest BCUT2D eigenvalue weighted by Gasteiger charge is -2.10. The zero-order chi connectivity index (χ0) is 16.3. The maximum absolute atomic E-state index is 9.45. The predicted molar refractivity (Wildman–Crippen MR) is 99.9 cm³/mol. The molecule has 124 valence electrons. The molecular weight excluding hydrogens is 280 g/mol. The van der Waals surface area contributed by atoms with Crippen LogP contribution in [0.1, 0.15) is 63.9 Å². The molecule has 0 saturated heterocycles. The smallest absolute Gasteiger partial charge is 0.115 e. The maximum Gasteiger partial charge on any atom is 0.115 e. The lowest BCUT2D eigenvalue weighted by Crippen LogP contribution is -1.91. The van der Waals surface area contributed by atoms with Crippen LogP contribution in [-0.4, -0.2) is 5.11 Å². The normalized spacial score (nSPS) is 10.8. The third kappa shape index (κ3) is 6.09. The second-order valence-corrected chi connectivity index (χ2v) is 6.43. The highest BCUT2D eigenvalue weighted by atomic mass is 16.3. The van der Waals surface area contributed by atoms with Crippen LogP contribution in [0.25, 0.3) is 11.1 Å². The molecule has 0 spiro atoms. The summed E-state index contributed by atoms with van der Waals surface area (Å²) in [5.74, 6) is 0.328. The molecule has 0 fully saturated rings. The highest BCUT2D eigenvalue weighted by molar-refractivity contribution is 5.67. The van der Waals surface area contributed by atoms with E-state index in [2.05, 4.69) is 31.2 Å². The molecule has 2 aromatic rings. The zero-order valence-electron chi connectivity index (χ0n) is 14.4. The van der Waals surface area contributed by atoms with Gasteiger partial charge in [0.05, 0.1) is 0 Å². The summed E-state index contributed by atoms with van der Waals surface area (Å²) in [6.07, 6.45) is 12.0. The number of phenols is 1. The fourth-order valence-corrected chi connectivity index (χ4v) is 3.11. The minimum absolute atomic E-state index is 0.328. The number of hydrogen-bond donors (Lipinski definition) is 1. The van der Waals surface area contributed by atoms with Gasteiger partial charge in [-0.15, -0.1) is 0 Å². The Balaban J connectivity index is 1.80. The minimum Gasteiger partial charge on any atom is -0.508 e. The van der Waals surface area contributed by atoms with Crippen LogP contribution in [0.4, 0.5) is 0 Å². The van der Waals surface area contributed by atoms with Crippen molar-refractivity contribution in [1.29, 1.82) is 0 Å². The highest BCUT2D eigenvalue weighted by Gasteiger charge is 2.04. The first-order chi connectivity index (χ1) is 11.3. The molecule has 0 bridgehead atoms. The van der Waals surface area contributed by atoms with Gasteiger partial charge in [0.15, 0.2) is 0 Å². The zero-order valence-corrected chi connectivity index (χ0v) is 14.4. The number of phenolic OH excluding ortho intramolecular Hbond substituents is 1. The van der Waals surface area contributed by atoms with Crippen molar-refractivity contribution in [3.8, 4) is 16.9 Å². The van der Waals surface area contributed by atoms with Crippen LogP contribution in [0.5, 0.6) is 5.75 Å². The Hall–Kier alpha value is -1.76. The Kier molecular flexibility index (Phi) is 7.72. The summed E-state index contributed by atoms with van der Waals surface area (Å²) in [4.78, 5) is 0. The molecule has 0 atom stereocenters. The average Bonchev–Trinajstić information content (AvgIpc) is 2.58. The first-order valence-electron chi connectivity index (χ1n) is 9.18. The van der Waals surface area contributed by atoms with Gasteiger partial charge in [-0.3, -0.25) is 0 Å². The summed E-state index contributed by atoms with van der Waals surface area (Å²) in [7, 11) is 0. The molecule has 1 nitrogen and oxygen atoms in total. The summed E-state index contributed by atoms with van der Waals surface area (Å²) in [5.41, 5.74) is 3.91. The molecule has 0 aliphatic rings. The number of unbranched alkanes of at least 4 members (excludes halogenated alkanes) is 7. The van der Waals surface area contributed by atoms with E-state index >= 15 is 0 Å². The van der Waals surface area contributed by atoms with E-state index < -0.39 is 0 Å². The van der Waals surface area contributed by atoms with E-state index in [0.717, 1.165) is 6.42 Å². The summed E-state index contributed by atoms with van der Waals surface area (Å²) in [6.45, 7) is 2.27. The maximum atomic E-state index is 9.45. The Morgan fingerprint density at radius 3 is 2.00 bits per heavy atom. The number of rotatable bonds is 10. The molecule has 0 heterocycles. The van der Waals surface area contributed by atoms with Crippen molar-refractivity contribution in [2.45, 2.75) is 64.7 Å². The van der Waals surface area contributed by atoms with Gasteiger partial charge in [-0.2, -0.15) is 0 Å². The van der Waals surface area contributed by atoms with Crippen LogP contribution in [0.3, 0.4) is 0 Å². The summed E-state index contributed by atoms with van der Waals surface area (Å²) in [6, 6.07) is 16.2. The number of aryl methyl sites for hydroxylation is 1. The quantitative estimate of drug-likeness (QED) is 0.482. The van der Waals surface area contributed by atoms with Crippen LogP contribution >= 0.6 is 0 Å². The van der Waals surface area contributed by atoms with E-state index in [9.17, 15) is 5.11 Å². The molecule has 23 heavy (non-hydrogen) atoms. The van der Waals surface area contributed by atoms with Crippen molar-refractivity contribution in [2.75, 3.05) is 0 Å². The number of aromatic hydroxyl groups is 1. The van der Waals surface area contributed by atoms with Gasteiger partial charge in [0.25, 0.3) is 0 Å². The first kappa shape index (κ1) is 17.6. The highest BCUT2D eigenvalue weighted by Crippen LogP contribution is 2.26.